The van der Waals surface area contributed by atoms with Gasteiger partial charge in [0.15, 0.2) is 5.69 Å². The Morgan fingerprint density at radius 3 is 2.88 bits per heavy atom. The van der Waals surface area contributed by atoms with Crippen LogP contribution in [-0.2, 0) is 5.54 Å². The number of amides is 1. The molecule has 0 aromatic carbocycles. The van der Waals surface area contributed by atoms with E-state index in [9.17, 15) is 4.79 Å². The van der Waals surface area contributed by atoms with Crippen molar-refractivity contribution < 1.29 is 4.79 Å². The minimum Gasteiger partial charge on any atom is -0.339 e. The minimum absolute atomic E-state index is 0.201. The van der Waals surface area contributed by atoms with E-state index < -0.39 is 5.54 Å². The molecule has 7 nitrogen and oxygen atoms in total. The maximum atomic E-state index is 12.6. The summed E-state index contributed by atoms with van der Waals surface area (Å²) >= 11 is 1.57. The van der Waals surface area contributed by atoms with E-state index in [1.807, 2.05) is 30.8 Å². The molecule has 0 radical (unpaired) electrons. The number of nitrogens with zero attached hydrogens (tertiary/aromatic N) is 4. The number of hydrogen-bond acceptors (Lipinski definition) is 6. The van der Waals surface area contributed by atoms with Crippen LogP contribution in [0.2, 0.25) is 0 Å². The van der Waals surface area contributed by atoms with Crippen LogP contribution in [0.4, 0.5) is 0 Å². The van der Waals surface area contributed by atoms with Crippen molar-refractivity contribution >= 4 is 17.2 Å². The fourth-order valence-corrected chi connectivity index (χ4v) is 3.83. The SMILES string of the molecule is CCC(C)(NC(=O)c1cn(C2CCNCC2)nn1)c1nc(C)cs1. The summed E-state index contributed by atoms with van der Waals surface area (Å²) in [6.45, 7) is 7.96. The molecule has 24 heavy (non-hydrogen) atoms. The number of aryl methyl sites for hydroxylation is 1. The molecule has 0 bridgehead atoms. The van der Waals surface area contributed by atoms with E-state index in [0.29, 0.717) is 11.7 Å². The van der Waals surface area contributed by atoms with Gasteiger partial charge in [0.2, 0.25) is 0 Å². The predicted molar refractivity (Wildman–Crippen MR) is 93.1 cm³/mol. The second-order valence-corrected chi connectivity index (χ2v) is 7.36. The number of hydrogen-bond donors (Lipinski definition) is 2. The van der Waals surface area contributed by atoms with Gasteiger partial charge in [0.25, 0.3) is 5.91 Å². The molecule has 3 rings (SSSR count). The van der Waals surface area contributed by atoms with Crippen LogP contribution >= 0.6 is 11.3 Å². The van der Waals surface area contributed by atoms with E-state index in [1.54, 1.807) is 17.5 Å². The highest BCUT2D eigenvalue weighted by Gasteiger charge is 2.31. The molecule has 1 aliphatic heterocycles. The van der Waals surface area contributed by atoms with Crippen LogP contribution in [0, 0.1) is 6.92 Å². The molecule has 8 heteroatoms. The first-order chi connectivity index (χ1) is 11.5. The Morgan fingerprint density at radius 2 is 2.25 bits per heavy atom. The minimum atomic E-state index is -0.492. The highest BCUT2D eigenvalue weighted by molar-refractivity contribution is 7.09. The average molecular weight is 348 g/mol. The van der Waals surface area contributed by atoms with Gasteiger partial charge < -0.3 is 10.6 Å². The van der Waals surface area contributed by atoms with Gasteiger partial charge in [0.05, 0.1) is 17.8 Å². The molecule has 1 amide bonds. The van der Waals surface area contributed by atoms with E-state index in [1.165, 1.54) is 0 Å². The third-order valence-electron chi connectivity index (χ3n) is 4.61. The monoisotopic (exact) mass is 348 g/mol. The first kappa shape index (κ1) is 17.0. The zero-order chi connectivity index (χ0) is 17.2. The average Bonchev–Trinajstić information content (AvgIpc) is 3.25. The Hall–Kier alpha value is -1.80. The molecule has 0 spiro atoms. The van der Waals surface area contributed by atoms with E-state index >= 15 is 0 Å². The van der Waals surface area contributed by atoms with Crippen LogP contribution in [0.5, 0.6) is 0 Å². The van der Waals surface area contributed by atoms with Gasteiger partial charge in [-0.25, -0.2) is 9.67 Å². The van der Waals surface area contributed by atoms with Crippen molar-refractivity contribution in [2.45, 2.75) is 51.6 Å². The van der Waals surface area contributed by atoms with Gasteiger partial charge in [0, 0.05) is 11.1 Å². The molecule has 2 N–H and O–H groups in total. The van der Waals surface area contributed by atoms with Gasteiger partial charge in [-0.05, 0) is 46.2 Å². The third-order valence-corrected chi connectivity index (χ3v) is 5.84. The van der Waals surface area contributed by atoms with E-state index in [-0.39, 0.29) is 5.91 Å². The quantitative estimate of drug-likeness (QED) is 0.863. The van der Waals surface area contributed by atoms with E-state index in [4.69, 9.17) is 0 Å². The van der Waals surface area contributed by atoms with Gasteiger partial charge in [0.1, 0.15) is 5.01 Å². The number of piperidine rings is 1. The first-order valence-corrected chi connectivity index (χ1v) is 9.27. The molecule has 1 atom stereocenters. The Morgan fingerprint density at radius 1 is 1.50 bits per heavy atom. The van der Waals surface area contributed by atoms with Crippen molar-refractivity contribution in [3.8, 4) is 0 Å². The van der Waals surface area contributed by atoms with Gasteiger partial charge in [-0.1, -0.05) is 12.1 Å². The molecule has 1 fully saturated rings. The summed E-state index contributed by atoms with van der Waals surface area (Å²) in [5.41, 5.74) is 0.844. The van der Waals surface area contributed by atoms with Crippen molar-refractivity contribution in [2.24, 2.45) is 0 Å². The Labute approximate surface area is 145 Å². The van der Waals surface area contributed by atoms with Crippen LogP contribution in [-0.4, -0.2) is 39.0 Å². The Bertz CT molecular complexity index is 705. The van der Waals surface area contributed by atoms with Gasteiger partial charge in [-0.2, -0.15) is 0 Å². The molecular weight excluding hydrogens is 324 g/mol. The lowest BCUT2D eigenvalue weighted by Crippen LogP contribution is -2.43. The zero-order valence-electron chi connectivity index (χ0n) is 14.4. The predicted octanol–water partition coefficient (Wildman–Crippen LogP) is 2.02. The van der Waals surface area contributed by atoms with Crippen LogP contribution in [0.3, 0.4) is 0 Å². The molecule has 0 aliphatic carbocycles. The topological polar surface area (TPSA) is 84.7 Å². The van der Waals surface area contributed by atoms with Gasteiger partial charge >= 0.3 is 0 Å². The van der Waals surface area contributed by atoms with Crippen LogP contribution in [0.1, 0.15) is 60.3 Å². The maximum absolute atomic E-state index is 12.6. The lowest BCUT2D eigenvalue weighted by Gasteiger charge is -2.27. The summed E-state index contributed by atoms with van der Waals surface area (Å²) in [6, 6.07) is 0.319. The van der Waals surface area contributed by atoms with Crippen molar-refractivity contribution in [1.29, 1.82) is 0 Å². The summed E-state index contributed by atoms with van der Waals surface area (Å²) in [5.74, 6) is -0.201. The molecular formula is C16H24N6OS. The fourth-order valence-electron chi connectivity index (χ4n) is 2.85. The normalized spacial score (nSPS) is 18.3. The molecule has 2 aromatic heterocycles. The molecule has 3 heterocycles. The number of rotatable bonds is 5. The summed E-state index contributed by atoms with van der Waals surface area (Å²) in [6.07, 6.45) is 4.54. The summed E-state index contributed by atoms with van der Waals surface area (Å²) in [4.78, 5) is 17.2. The van der Waals surface area contributed by atoms with Crippen molar-refractivity contribution in [3.05, 3.63) is 28.0 Å². The molecule has 1 unspecified atom stereocenters. The molecule has 0 saturated carbocycles. The Kier molecular flexibility index (Phi) is 4.96. The van der Waals surface area contributed by atoms with Gasteiger partial charge in [-0.3, -0.25) is 4.79 Å². The van der Waals surface area contributed by atoms with E-state index in [0.717, 1.165) is 43.1 Å². The Balaban J connectivity index is 1.73. The highest BCUT2D eigenvalue weighted by atomic mass is 32.1. The number of aromatic nitrogens is 4. The first-order valence-electron chi connectivity index (χ1n) is 8.39. The third kappa shape index (κ3) is 3.49. The highest BCUT2D eigenvalue weighted by Crippen LogP contribution is 2.28. The number of carbonyl (C=O) groups excluding carboxylic acids is 1. The summed E-state index contributed by atoms with van der Waals surface area (Å²) < 4.78 is 1.83. The lowest BCUT2D eigenvalue weighted by molar-refractivity contribution is 0.0896. The van der Waals surface area contributed by atoms with Crippen molar-refractivity contribution in [2.75, 3.05) is 13.1 Å². The second-order valence-electron chi connectivity index (χ2n) is 6.50. The number of thiazole rings is 1. The second kappa shape index (κ2) is 6.98. The molecule has 2 aromatic rings. The van der Waals surface area contributed by atoms with Crippen LogP contribution in [0.15, 0.2) is 11.6 Å². The standard InChI is InChI=1S/C16H24N6OS/c1-4-16(3,15-18-11(2)10-24-15)19-14(23)13-9-22(21-20-13)12-5-7-17-8-6-12/h9-10,12,17H,4-8H2,1-3H3,(H,19,23). The summed E-state index contributed by atoms with van der Waals surface area (Å²) in [7, 11) is 0. The zero-order valence-corrected chi connectivity index (χ0v) is 15.2. The molecule has 130 valence electrons. The summed E-state index contributed by atoms with van der Waals surface area (Å²) in [5, 5.41) is 17.6. The molecule has 1 saturated heterocycles. The number of nitrogens with one attached hydrogen (secondary N) is 2. The van der Waals surface area contributed by atoms with Crippen LogP contribution < -0.4 is 10.6 Å². The van der Waals surface area contributed by atoms with E-state index in [2.05, 4.69) is 25.9 Å². The van der Waals surface area contributed by atoms with Gasteiger partial charge in [-0.15, -0.1) is 16.4 Å². The fraction of sp³-hybridized carbons (Fsp3) is 0.625. The smallest absolute Gasteiger partial charge is 0.274 e. The largest absolute Gasteiger partial charge is 0.339 e. The maximum Gasteiger partial charge on any atom is 0.274 e. The number of carbonyl (C=O) groups is 1. The molecule has 1 aliphatic rings. The van der Waals surface area contributed by atoms with Crippen molar-refractivity contribution in [3.63, 3.8) is 0 Å². The lowest BCUT2D eigenvalue weighted by atomic mass is 9.99. The van der Waals surface area contributed by atoms with Crippen molar-refractivity contribution in [1.82, 2.24) is 30.6 Å². The van der Waals surface area contributed by atoms with Crippen LogP contribution in [0.25, 0.3) is 0 Å².